The zero-order chi connectivity index (χ0) is 27.0. The molecule has 0 radical (unpaired) electrons. The van der Waals surface area contributed by atoms with Crippen molar-refractivity contribution in [3.8, 4) is 11.5 Å². The number of hydrogen-bond donors (Lipinski definition) is 1. The predicted octanol–water partition coefficient (Wildman–Crippen LogP) is 3.11. The summed E-state index contributed by atoms with van der Waals surface area (Å²) in [6.45, 7) is 7.09. The van der Waals surface area contributed by atoms with E-state index in [4.69, 9.17) is 9.47 Å². The molecule has 0 spiro atoms. The predicted molar refractivity (Wildman–Crippen MR) is 141 cm³/mol. The molecule has 0 heterocycles. The smallest absolute Gasteiger partial charge is 0.244 e. The molecule has 10 heteroatoms. The molecule has 9 nitrogen and oxygen atoms in total. The van der Waals surface area contributed by atoms with Gasteiger partial charge in [-0.05, 0) is 50.5 Å². The molecule has 0 aliphatic heterocycles. The Balaban J connectivity index is 2.45. The fraction of sp³-hybridized carbons (Fsp3) is 0.462. The van der Waals surface area contributed by atoms with Crippen molar-refractivity contribution in [1.82, 2.24) is 10.2 Å². The molecule has 1 N–H and O–H groups in total. The van der Waals surface area contributed by atoms with Gasteiger partial charge in [0.05, 0.1) is 26.2 Å². The van der Waals surface area contributed by atoms with Gasteiger partial charge < -0.3 is 19.7 Å². The van der Waals surface area contributed by atoms with Crippen molar-refractivity contribution in [3.63, 3.8) is 0 Å². The SMILES string of the molecule is CCC(C)NC(=O)C(C)N(Cc1ccccc1C)C(=O)CN(c1ccc(OC)c(OC)c1)S(C)(=O)=O. The van der Waals surface area contributed by atoms with Crippen LogP contribution < -0.4 is 19.1 Å². The number of amides is 2. The average Bonchev–Trinajstić information content (AvgIpc) is 2.84. The van der Waals surface area contributed by atoms with Gasteiger partial charge in [-0.15, -0.1) is 0 Å². The standard InChI is InChI=1S/C26H37N3O6S/c1-8-19(3)27-26(31)20(4)28(16-21-12-10-9-11-18(21)2)25(30)17-29(36(7,32)33)22-13-14-23(34-5)24(15-22)35-6/h9-15,19-20H,8,16-17H2,1-7H3,(H,27,31). The summed E-state index contributed by atoms with van der Waals surface area (Å²) in [6, 6.07) is 11.3. The molecule has 0 saturated heterocycles. The molecule has 2 aromatic rings. The van der Waals surface area contributed by atoms with Crippen molar-refractivity contribution in [2.45, 2.75) is 52.7 Å². The molecule has 2 aromatic carbocycles. The monoisotopic (exact) mass is 519 g/mol. The Kier molecular flexibility index (Phi) is 10.2. The van der Waals surface area contributed by atoms with Gasteiger partial charge in [-0.1, -0.05) is 31.2 Å². The van der Waals surface area contributed by atoms with Crippen LogP contribution >= 0.6 is 0 Å². The number of hydrogen-bond acceptors (Lipinski definition) is 6. The number of aryl methyl sites for hydroxylation is 1. The Hall–Kier alpha value is -3.27. The van der Waals surface area contributed by atoms with Gasteiger partial charge in [0.25, 0.3) is 0 Å². The number of sulfonamides is 1. The second kappa shape index (κ2) is 12.6. The van der Waals surface area contributed by atoms with Crippen LogP contribution in [0.1, 0.15) is 38.3 Å². The number of anilines is 1. The summed E-state index contributed by atoms with van der Waals surface area (Å²) in [5.74, 6) is -0.0553. The van der Waals surface area contributed by atoms with Crippen LogP contribution in [0.15, 0.2) is 42.5 Å². The molecule has 198 valence electrons. The molecule has 0 saturated carbocycles. The Morgan fingerprint density at radius 2 is 1.67 bits per heavy atom. The van der Waals surface area contributed by atoms with E-state index in [9.17, 15) is 18.0 Å². The highest BCUT2D eigenvalue weighted by Gasteiger charge is 2.31. The van der Waals surface area contributed by atoms with Gasteiger partial charge in [0.1, 0.15) is 12.6 Å². The van der Waals surface area contributed by atoms with Gasteiger partial charge >= 0.3 is 0 Å². The molecule has 2 amide bonds. The quantitative estimate of drug-likeness (QED) is 0.462. The van der Waals surface area contributed by atoms with E-state index in [0.717, 1.165) is 28.1 Å². The Labute approximate surface area is 214 Å². The summed E-state index contributed by atoms with van der Waals surface area (Å²) in [4.78, 5) is 28.0. The van der Waals surface area contributed by atoms with Crippen molar-refractivity contribution in [2.24, 2.45) is 0 Å². The number of methoxy groups -OCH3 is 2. The molecular weight excluding hydrogens is 482 g/mol. The first-order valence-electron chi connectivity index (χ1n) is 11.8. The third kappa shape index (κ3) is 7.36. The zero-order valence-electron chi connectivity index (χ0n) is 22.1. The highest BCUT2D eigenvalue weighted by Crippen LogP contribution is 2.32. The lowest BCUT2D eigenvalue weighted by atomic mass is 10.1. The van der Waals surface area contributed by atoms with E-state index in [1.165, 1.54) is 25.2 Å². The number of ether oxygens (including phenoxy) is 2. The minimum absolute atomic E-state index is 0.0605. The molecular formula is C26H37N3O6S. The van der Waals surface area contributed by atoms with Crippen LogP contribution in [0.5, 0.6) is 11.5 Å². The summed E-state index contributed by atoms with van der Waals surface area (Å²) < 4.78 is 37.0. The van der Waals surface area contributed by atoms with Gasteiger partial charge in [-0.25, -0.2) is 8.42 Å². The van der Waals surface area contributed by atoms with Gasteiger partial charge in [0.2, 0.25) is 21.8 Å². The zero-order valence-corrected chi connectivity index (χ0v) is 22.9. The van der Waals surface area contributed by atoms with Gasteiger partial charge in [0.15, 0.2) is 11.5 Å². The molecule has 0 aliphatic carbocycles. The first-order chi connectivity index (χ1) is 16.9. The van der Waals surface area contributed by atoms with Crippen LogP contribution in [-0.2, 0) is 26.2 Å². The largest absolute Gasteiger partial charge is 0.493 e. The van der Waals surface area contributed by atoms with Crippen molar-refractivity contribution in [1.29, 1.82) is 0 Å². The van der Waals surface area contributed by atoms with Crippen LogP contribution in [0.2, 0.25) is 0 Å². The van der Waals surface area contributed by atoms with Crippen LogP contribution in [-0.4, -0.2) is 64.2 Å². The third-order valence-electron chi connectivity index (χ3n) is 6.10. The van der Waals surface area contributed by atoms with Gasteiger partial charge in [0, 0.05) is 18.7 Å². The Morgan fingerprint density at radius 3 is 2.22 bits per heavy atom. The highest BCUT2D eigenvalue weighted by atomic mass is 32.2. The maximum atomic E-state index is 13.7. The molecule has 0 bridgehead atoms. The Bertz CT molecular complexity index is 1170. The number of nitrogens with one attached hydrogen (secondary N) is 1. The van der Waals surface area contributed by atoms with E-state index in [-0.39, 0.29) is 24.2 Å². The first kappa shape index (κ1) is 29.0. The molecule has 2 atom stereocenters. The maximum absolute atomic E-state index is 13.7. The normalized spacial score (nSPS) is 12.9. The highest BCUT2D eigenvalue weighted by molar-refractivity contribution is 7.92. The number of nitrogens with zero attached hydrogens (tertiary/aromatic N) is 2. The summed E-state index contributed by atoms with van der Waals surface area (Å²) in [5, 5.41) is 2.91. The lowest BCUT2D eigenvalue weighted by Crippen LogP contribution is -2.52. The number of benzene rings is 2. The Morgan fingerprint density at radius 1 is 1.03 bits per heavy atom. The first-order valence-corrected chi connectivity index (χ1v) is 13.6. The lowest BCUT2D eigenvalue weighted by molar-refractivity contribution is -0.139. The fourth-order valence-corrected chi connectivity index (χ4v) is 4.45. The molecule has 0 aliphatic rings. The third-order valence-corrected chi connectivity index (χ3v) is 7.25. The van der Waals surface area contributed by atoms with E-state index in [1.807, 2.05) is 45.0 Å². The second-order valence-corrected chi connectivity index (χ2v) is 10.7. The fourth-order valence-electron chi connectivity index (χ4n) is 3.61. The summed E-state index contributed by atoms with van der Waals surface area (Å²) >= 11 is 0. The second-order valence-electron chi connectivity index (χ2n) is 8.75. The van der Waals surface area contributed by atoms with Crippen LogP contribution in [0.3, 0.4) is 0 Å². The average molecular weight is 520 g/mol. The molecule has 0 aromatic heterocycles. The van der Waals surface area contributed by atoms with Crippen molar-refractivity contribution in [3.05, 3.63) is 53.6 Å². The van der Waals surface area contributed by atoms with Crippen LogP contribution in [0.25, 0.3) is 0 Å². The van der Waals surface area contributed by atoms with E-state index < -0.39 is 28.5 Å². The number of rotatable bonds is 12. The summed E-state index contributed by atoms with van der Waals surface area (Å²) in [5.41, 5.74) is 2.08. The van der Waals surface area contributed by atoms with Crippen molar-refractivity contribution < 1.29 is 27.5 Å². The van der Waals surface area contributed by atoms with Crippen LogP contribution in [0, 0.1) is 6.92 Å². The lowest BCUT2D eigenvalue weighted by Gasteiger charge is -2.32. The van der Waals surface area contributed by atoms with E-state index >= 15 is 0 Å². The topological polar surface area (TPSA) is 105 Å². The van der Waals surface area contributed by atoms with E-state index in [0.29, 0.717) is 11.5 Å². The summed E-state index contributed by atoms with van der Waals surface area (Å²) in [7, 11) is -0.932. The van der Waals surface area contributed by atoms with E-state index in [2.05, 4.69) is 5.32 Å². The molecule has 2 rings (SSSR count). The molecule has 0 fully saturated rings. The van der Waals surface area contributed by atoms with Gasteiger partial charge in [-0.2, -0.15) is 0 Å². The van der Waals surface area contributed by atoms with Crippen LogP contribution in [0.4, 0.5) is 5.69 Å². The van der Waals surface area contributed by atoms with Gasteiger partial charge in [-0.3, -0.25) is 13.9 Å². The molecule has 2 unspecified atom stereocenters. The maximum Gasteiger partial charge on any atom is 0.244 e. The summed E-state index contributed by atoms with van der Waals surface area (Å²) in [6.07, 6.45) is 1.77. The number of carbonyl (C=O) groups excluding carboxylic acids is 2. The minimum Gasteiger partial charge on any atom is -0.493 e. The molecule has 36 heavy (non-hydrogen) atoms. The van der Waals surface area contributed by atoms with Crippen molar-refractivity contribution in [2.75, 3.05) is 31.3 Å². The van der Waals surface area contributed by atoms with E-state index in [1.54, 1.807) is 19.1 Å². The van der Waals surface area contributed by atoms with Crippen molar-refractivity contribution >= 4 is 27.5 Å². The minimum atomic E-state index is -3.85. The number of carbonyl (C=O) groups is 2.